The average Bonchev–Trinajstić information content (AvgIpc) is 3.28. The van der Waals surface area contributed by atoms with Gasteiger partial charge < -0.3 is 9.84 Å². The fourth-order valence-corrected chi connectivity index (χ4v) is 3.83. The number of carbonyl (C=O) groups is 3. The van der Waals surface area contributed by atoms with Gasteiger partial charge in [0.2, 0.25) is 0 Å². The van der Waals surface area contributed by atoms with Crippen LogP contribution in [0.1, 0.15) is 53.5 Å². The summed E-state index contributed by atoms with van der Waals surface area (Å²) in [4.78, 5) is 37.0. The van der Waals surface area contributed by atoms with E-state index in [0.717, 1.165) is 5.56 Å². The highest BCUT2D eigenvalue weighted by Gasteiger charge is 2.29. The van der Waals surface area contributed by atoms with Gasteiger partial charge in [-0.2, -0.15) is 0 Å². The zero-order chi connectivity index (χ0) is 22.9. The number of aromatic carboxylic acids is 1. The highest BCUT2D eigenvalue weighted by Crippen LogP contribution is 2.28. The Hall–Kier alpha value is -4.59. The molecule has 5 rings (SSSR count). The van der Waals surface area contributed by atoms with E-state index in [1.165, 1.54) is 6.07 Å². The molecule has 33 heavy (non-hydrogen) atoms. The summed E-state index contributed by atoms with van der Waals surface area (Å²) in [7, 11) is 0. The quantitative estimate of drug-likeness (QED) is 0.432. The molecule has 0 saturated carbocycles. The average molecular weight is 439 g/mol. The molecule has 8 heteroatoms. The second-order valence-electron chi connectivity index (χ2n) is 7.58. The van der Waals surface area contributed by atoms with E-state index >= 15 is 0 Å². The Morgan fingerprint density at radius 2 is 1.55 bits per heavy atom. The molecule has 1 heterocycles. The van der Waals surface area contributed by atoms with Gasteiger partial charge in [-0.05, 0) is 29.8 Å². The molecule has 162 valence electrons. The molecule has 4 aromatic rings. The van der Waals surface area contributed by atoms with Crippen molar-refractivity contribution >= 4 is 17.5 Å². The van der Waals surface area contributed by atoms with Gasteiger partial charge in [0.1, 0.15) is 23.6 Å². The fraction of sp³-hybridized carbons (Fsp3) is 0.0800. The van der Waals surface area contributed by atoms with E-state index in [1.54, 1.807) is 71.5 Å². The standard InChI is InChI=1S/C25H17N3O5/c29-23-17-5-1-2-6-18(17)24(30)21-11-15(9-10-19(21)23)12-28-13-16(26-27-28)14-33-22-8-4-3-7-20(22)25(31)32/h1-11,13H,12,14H2,(H,31,32). The first-order chi connectivity index (χ1) is 16.0. The molecular formula is C25H17N3O5. The molecular weight excluding hydrogens is 422 g/mol. The number of rotatable bonds is 6. The third-order valence-corrected chi connectivity index (χ3v) is 5.41. The van der Waals surface area contributed by atoms with Crippen molar-refractivity contribution in [3.63, 3.8) is 0 Å². The minimum absolute atomic E-state index is 0.0538. The number of carboxylic acid groups (broad SMARTS) is 1. The molecule has 0 amide bonds. The number of hydrogen-bond acceptors (Lipinski definition) is 6. The van der Waals surface area contributed by atoms with Crippen molar-refractivity contribution in [2.75, 3.05) is 0 Å². The third-order valence-electron chi connectivity index (χ3n) is 5.41. The minimum Gasteiger partial charge on any atom is -0.486 e. The number of hydrogen-bond donors (Lipinski definition) is 1. The monoisotopic (exact) mass is 439 g/mol. The second-order valence-corrected chi connectivity index (χ2v) is 7.58. The maximum absolute atomic E-state index is 12.9. The molecule has 0 bridgehead atoms. The van der Waals surface area contributed by atoms with E-state index in [0.29, 0.717) is 34.5 Å². The number of para-hydroxylation sites is 1. The number of fused-ring (bicyclic) bond motifs is 2. The summed E-state index contributed by atoms with van der Waals surface area (Å²) in [5, 5.41) is 17.4. The van der Waals surface area contributed by atoms with E-state index in [1.807, 2.05) is 0 Å². The molecule has 0 saturated heterocycles. The van der Waals surface area contributed by atoms with Gasteiger partial charge in [0.15, 0.2) is 11.6 Å². The topological polar surface area (TPSA) is 111 Å². The van der Waals surface area contributed by atoms with Gasteiger partial charge in [-0.1, -0.05) is 47.7 Å². The normalized spacial score (nSPS) is 12.2. The van der Waals surface area contributed by atoms with Crippen LogP contribution in [0.5, 0.6) is 5.75 Å². The number of aromatic nitrogens is 3. The van der Waals surface area contributed by atoms with Crippen molar-refractivity contribution in [1.82, 2.24) is 15.0 Å². The maximum Gasteiger partial charge on any atom is 0.339 e. The summed E-state index contributed by atoms with van der Waals surface area (Å²) in [6.07, 6.45) is 1.69. The molecule has 1 aromatic heterocycles. The van der Waals surface area contributed by atoms with Gasteiger partial charge in [0.05, 0.1) is 12.7 Å². The van der Waals surface area contributed by atoms with E-state index in [9.17, 15) is 19.5 Å². The Bertz CT molecular complexity index is 1420. The second kappa shape index (κ2) is 8.16. The van der Waals surface area contributed by atoms with Crippen LogP contribution < -0.4 is 4.74 Å². The molecule has 0 fully saturated rings. The largest absolute Gasteiger partial charge is 0.486 e. The number of ether oxygens (including phenoxy) is 1. The molecule has 3 aromatic carbocycles. The summed E-state index contributed by atoms with van der Waals surface area (Å²) in [6.45, 7) is 0.396. The smallest absolute Gasteiger partial charge is 0.339 e. The predicted octanol–water partition coefficient (Wildman–Crippen LogP) is 3.38. The number of benzene rings is 3. The molecule has 0 spiro atoms. The molecule has 1 N–H and O–H groups in total. The lowest BCUT2D eigenvalue weighted by atomic mass is 9.83. The van der Waals surface area contributed by atoms with Crippen molar-refractivity contribution in [3.05, 3.63) is 112 Å². The van der Waals surface area contributed by atoms with E-state index in [4.69, 9.17) is 4.74 Å². The lowest BCUT2D eigenvalue weighted by Crippen LogP contribution is -2.21. The Morgan fingerprint density at radius 1 is 0.879 bits per heavy atom. The number of nitrogens with zero attached hydrogens (tertiary/aromatic N) is 3. The van der Waals surface area contributed by atoms with Gasteiger partial charge in [-0.15, -0.1) is 5.10 Å². The summed E-state index contributed by atoms with van der Waals surface area (Å²) in [5.74, 6) is -1.16. The molecule has 0 unspecified atom stereocenters. The Labute approximate surface area is 188 Å². The van der Waals surface area contributed by atoms with Crippen LogP contribution in [0.3, 0.4) is 0 Å². The third kappa shape index (κ3) is 3.78. The van der Waals surface area contributed by atoms with Crippen LogP contribution in [0.15, 0.2) is 72.9 Å². The first kappa shape index (κ1) is 20.3. The lowest BCUT2D eigenvalue weighted by Gasteiger charge is -2.18. The van der Waals surface area contributed by atoms with Gasteiger partial charge in [0, 0.05) is 22.3 Å². The summed E-state index contributed by atoms with van der Waals surface area (Å²) in [6, 6.07) is 18.4. The first-order valence-electron chi connectivity index (χ1n) is 10.2. The minimum atomic E-state index is -1.07. The van der Waals surface area contributed by atoms with Crippen LogP contribution in [-0.4, -0.2) is 37.6 Å². The zero-order valence-electron chi connectivity index (χ0n) is 17.3. The molecule has 1 aliphatic carbocycles. The van der Waals surface area contributed by atoms with Crippen LogP contribution >= 0.6 is 0 Å². The van der Waals surface area contributed by atoms with Crippen molar-refractivity contribution < 1.29 is 24.2 Å². The van der Waals surface area contributed by atoms with Crippen molar-refractivity contribution in [2.45, 2.75) is 13.2 Å². The van der Waals surface area contributed by atoms with Crippen molar-refractivity contribution in [2.24, 2.45) is 0 Å². The van der Waals surface area contributed by atoms with Crippen LogP contribution in [0.4, 0.5) is 0 Å². The van der Waals surface area contributed by atoms with Gasteiger partial charge in [-0.25, -0.2) is 9.48 Å². The SMILES string of the molecule is O=C(O)c1ccccc1OCc1cn(Cc2ccc3c(c2)C(=O)c2ccccc2C3=O)nn1. The van der Waals surface area contributed by atoms with Crippen molar-refractivity contribution in [3.8, 4) is 5.75 Å². The summed E-state index contributed by atoms with van der Waals surface area (Å²) in [5.41, 5.74) is 3.00. The molecule has 0 radical (unpaired) electrons. The van der Waals surface area contributed by atoms with E-state index < -0.39 is 5.97 Å². The summed E-state index contributed by atoms with van der Waals surface area (Å²) < 4.78 is 7.19. The predicted molar refractivity (Wildman–Crippen MR) is 117 cm³/mol. The maximum atomic E-state index is 12.9. The van der Waals surface area contributed by atoms with Gasteiger partial charge in [-0.3, -0.25) is 9.59 Å². The Morgan fingerprint density at radius 3 is 2.30 bits per heavy atom. The van der Waals surface area contributed by atoms with Gasteiger partial charge in [0.25, 0.3) is 0 Å². The Balaban J connectivity index is 1.32. The van der Waals surface area contributed by atoms with Gasteiger partial charge >= 0.3 is 5.97 Å². The Kier molecular flexibility index (Phi) is 5.02. The zero-order valence-corrected chi connectivity index (χ0v) is 17.3. The number of ketones is 2. The van der Waals surface area contributed by atoms with Crippen LogP contribution in [0.2, 0.25) is 0 Å². The number of carbonyl (C=O) groups excluding carboxylic acids is 2. The number of carboxylic acids is 1. The first-order valence-corrected chi connectivity index (χ1v) is 10.2. The van der Waals surface area contributed by atoms with Crippen LogP contribution in [0, 0.1) is 0 Å². The van der Waals surface area contributed by atoms with Crippen LogP contribution in [-0.2, 0) is 13.2 Å². The van der Waals surface area contributed by atoms with Crippen molar-refractivity contribution in [1.29, 1.82) is 0 Å². The summed E-state index contributed by atoms with van der Waals surface area (Å²) >= 11 is 0. The van der Waals surface area contributed by atoms with E-state index in [2.05, 4.69) is 10.3 Å². The molecule has 0 aliphatic heterocycles. The fourth-order valence-electron chi connectivity index (χ4n) is 3.83. The molecule has 1 aliphatic rings. The van der Waals surface area contributed by atoms with Crippen LogP contribution in [0.25, 0.3) is 0 Å². The highest BCUT2D eigenvalue weighted by molar-refractivity contribution is 6.28. The lowest BCUT2D eigenvalue weighted by molar-refractivity contribution is 0.0691. The highest BCUT2D eigenvalue weighted by atomic mass is 16.5. The molecule has 8 nitrogen and oxygen atoms in total. The molecule has 0 atom stereocenters. The van der Waals surface area contributed by atoms with E-state index in [-0.39, 0.29) is 29.5 Å².